The van der Waals surface area contributed by atoms with Gasteiger partial charge in [-0.05, 0) is 67.5 Å². The van der Waals surface area contributed by atoms with Gasteiger partial charge in [-0.15, -0.1) is 0 Å². The first-order valence-electron chi connectivity index (χ1n) is 7.26. The average Bonchev–Trinajstić information content (AvgIpc) is 2.72. The fourth-order valence-electron chi connectivity index (χ4n) is 2.30. The number of hydrogen-bond acceptors (Lipinski definition) is 2. The number of aryl methyl sites for hydroxylation is 2. The Morgan fingerprint density at radius 1 is 1.09 bits per heavy atom. The van der Waals surface area contributed by atoms with E-state index in [1.807, 2.05) is 56.3 Å². The van der Waals surface area contributed by atoms with E-state index in [0.717, 1.165) is 27.0 Å². The zero-order valence-electron chi connectivity index (χ0n) is 12.9. The number of carbonyl (C=O) groups is 1. The van der Waals surface area contributed by atoms with E-state index in [1.54, 1.807) is 6.08 Å². The molecule has 0 bridgehead atoms. The topological polar surface area (TPSA) is 38.3 Å². The molecule has 3 rings (SSSR count). The number of carbonyl (C=O) groups excluding carboxylic acids is 1. The van der Waals surface area contributed by atoms with Crippen molar-refractivity contribution in [2.24, 2.45) is 0 Å². The molecule has 0 saturated heterocycles. The minimum atomic E-state index is -0.166. The summed E-state index contributed by atoms with van der Waals surface area (Å²) in [5.74, 6) is 0.555. The molecule has 2 aromatic carbocycles. The van der Waals surface area contributed by atoms with Gasteiger partial charge in [0, 0.05) is 21.3 Å². The molecule has 1 heterocycles. The minimum absolute atomic E-state index is 0.166. The van der Waals surface area contributed by atoms with Crippen LogP contribution in [-0.4, -0.2) is 5.91 Å². The van der Waals surface area contributed by atoms with E-state index in [4.69, 9.17) is 4.74 Å². The van der Waals surface area contributed by atoms with E-state index in [-0.39, 0.29) is 5.91 Å². The normalized spacial score (nSPS) is 12.7. The summed E-state index contributed by atoms with van der Waals surface area (Å²) in [5, 5.41) is 2.93. The summed E-state index contributed by atoms with van der Waals surface area (Å²) < 4.78 is 6.47. The summed E-state index contributed by atoms with van der Waals surface area (Å²) in [4.78, 5) is 12.5. The Bertz CT molecular complexity index is 837. The lowest BCUT2D eigenvalue weighted by molar-refractivity contribution is -0.112. The first-order chi connectivity index (χ1) is 11.0. The monoisotopic (exact) mass is 369 g/mol. The number of benzene rings is 2. The molecular formula is C19H16BrNO2. The number of anilines is 1. The quantitative estimate of drug-likeness (QED) is 0.809. The SMILES string of the molecule is Cc1ccc(NC(=O)C2=Cc3cc(Br)ccc3OC=C2)cc1C. The highest BCUT2D eigenvalue weighted by Crippen LogP contribution is 2.28. The molecule has 0 spiro atoms. The first-order valence-corrected chi connectivity index (χ1v) is 8.05. The number of ether oxygens (including phenoxy) is 1. The van der Waals surface area contributed by atoms with Crippen LogP contribution in [-0.2, 0) is 4.79 Å². The average molecular weight is 370 g/mol. The number of nitrogens with one attached hydrogen (secondary N) is 1. The molecule has 0 aliphatic carbocycles. The van der Waals surface area contributed by atoms with E-state index in [2.05, 4.69) is 21.2 Å². The second-order valence-corrected chi connectivity index (χ2v) is 6.37. The number of rotatable bonds is 2. The molecule has 2 aromatic rings. The molecule has 0 fully saturated rings. The Hall–Kier alpha value is -2.33. The fraction of sp³-hybridized carbons (Fsp3) is 0.105. The van der Waals surface area contributed by atoms with E-state index in [9.17, 15) is 4.79 Å². The van der Waals surface area contributed by atoms with Crippen molar-refractivity contribution in [3.8, 4) is 5.75 Å². The Morgan fingerprint density at radius 2 is 1.91 bits per heavy atom. The van der Waals surface area contributed by atoms with Gasteiger partial charge >= 0.3 is 0 Å². The summed E-state index contributed by atoms with van der Waals surface area (Å²) in [7, 11) is 0. The Balaban J connectivity index is 1.88. The maximum atomic E-state index is 12.5. The van der Waals surface area contributed by atoms with Crippen LogP contribution in [0, 0.1) is 13.8 Å². The number of amides is 1. The highest BCUT2D eigenvalue weighted by Gasteiger charge is 2.13. The lowest BCUT2D eigenvalue weighted by Gasteiger charge is -2.08. The summed E-state index contributed by atoms with van der Waals surface area (Å²) in [6.07, 6.45) is 5.02. The Kier molecular flexibility index (Phi) is 4.35. The largest absolute Gasteiger partial charge is 0.464 e. The van der Waals surface area contributed by atoms with Gasteiger partial charge in [-0.2, -0.15) is 0 Å². The second kappa shape index (κ2) is 6.42. The van der Waals surface area contributed by atoms with Crippen LogP contribution in [0.2, 0.25) is 0 Å². The number of hydrogen-bond donors (Lipinski definition) is 1. The third-order valence-corrected chi connectivity index (χ3v) is 4.25. The van der Waals surface area contributed by atoms with Gasteiger partial charge < -0.3 is 10.1 Å². The van der Waals surface area contributed by atoms with Crippen molar-refractivity contribution in [2.75, 3.05) is 5.32 Å². The number of halogens is 1. The molecule has 0 saturated carbocycles. The Labute approximate surface area is 143 Å². The van der Waals surface area contributed by atoms with Gasteiger partial charge in [-0.3, -0.25) is 4.79 Å². The van der Waals surface area contributed by atoms with Gasteiger partial charge in [0.1, 0.15) is 5.75 Å². The summed E-state index contributed by atoms with van der Waals surface area (Å²) in [6, 6.07) is 11.6. The molecule has 1 aliphatic rings. The smallest absolute Gasteiger partial charge is 0.255 e. The van der Waals surface area contributed by atoms with Crippen LogP contribution in [0.3, 0.4) is 0 Å². The van der Waals surface area contributed by atoms with Crippen molar-refractivity contribution < 1.29 is 9.53 Å². The molecule has 4 heteroatoms. The fourth-order valence-corrected chi connectivity index (χ4v) is 2.68. The molecule has 1 N–H and O–H groups in total. The summed E-state index contributed by atoms with van der Waals surface area (Å²) >= 11 is 3.44. The van der Waals surface area contributed by atoms with E-state index >= 15 is 0 Å². The molecular weight excluding hydrogens is 354 g/mol. The Morgan fingerprint density at radius 3 is 2.70 bits per heavy atom. The molecule has 1 aliphatic heterocycles. The highest BCUT2D eigenvalue weighted by atomic mass is 79.9. The molecule has 0 aromatic heterocycles. The van der Waals surface area contributed by atoms with Crippen molar-refractivity contribution in [3.63, 3.8) is 0 Å². The van der Waals surface area contributed by atoms with Gasteiger partial charge in [-0.1, -0.05) is 22.0 Å². The van der Waals surface area contributed by atoms with Gasteiger partial charge in [0.15, 0.2) is 0 Å². The maximum Gasteiger partial charge on any atom is 0.255 e. The lowest BCUT2D eigenvalue weighted by atomic mass is 10.1. The van der Waals surface area contributed by atoms with Gasteiger partial charge in [-0.25, -0.2) is 0 Å². The third-order valence-electron chi connectivity index (χ3n) is 3.75. The zero-order chi connectivity index (χ0) is 16.4. The van der Waals surface area contributed by atoms with Crippen LogP contribution in [0.25, 0.3) is 6.08 Å². The summed E-state index contributed by atoms with van der Waals surface area (Å²) in [5.41, 5.74) is 4.52. The predicted octanol–water partition coefficient (Wildman–Crippen LogP) is 4.99. The van der Waals surface area contributed by atoms with Gasteiger partial charge in [0.25, 0.3) is 5.91 Å². The maximum absolute atomic E-state index is 12.5. The van der Waals surface area contributed by atoms with Crippen LogP contribution in [0.4, 0.5) is 5.69 Å². The van der Waals surface area contributed by atoms with Crippen LogP contribution in [0.5, 0.6) is 5.75 Å². The van der Waals surface area contributed by atoms with E-state index in [0.29, 0.717) is 5.57 Å². The first kappa shape index (κ1) is 15.6. The van der Waals surface area contributed by atoms with Crippen molar-refractivity contribution in [1.29, 1.82) is 0 Å². The van der Waals surface area contributed by atoms with Crippen LogP contribution >= 0.6 is 15.9 Å². The van der Waals surface area contributed by atoms with Crippen molar-refractivity contribution in [1.82, 2.24) is 0 Å². The minimum Gasteiger partial charge on any atom is -0.464 e. The van der Waals surface area contributed by atoms with Gasteiger partial charge in [0.2, 0.25) is 0 Å². The molecule has 23 heavy (non-hydrogen) atoms. The standard InChI is InChI=1S/C19H16BrNO2/c1-12-3-5-17(9-13(12)2)21-19(22)14-7-8-23-18-6-4-16(20)11-15(18)10-14/h3-11H,1-2H3,(H,21,22). The van der Waals surface area contributed by atoms with Crippen LogP contribution in [0.1, 0.15) is 16.7 Å². The molecule has 0 atom stereocenters. The number of fused-ring (bicyclic) bond motifs is 1. The molecule has 0 radical (unpaired) electrons. The molecule has 116 valence electrons. The third kappa shape index (κ3) is 3.54. The highest BCUT2D eigenvalue weighted by molar-refractivity contribution is 9.10. The molecule has 3 nitrogen and oxygen atoms in total. The zero-order valence-corrected chi connectivity index (χ0v) is 14.5. The van der Waals surface area contributed by atoms with Gasteiger partial charge in [0.05, 0.1) is 6.26 Å². The van der Waals surface area contributed by atoms with Crippen molar-refractivity contribution >= 4 is 33.6 Å². The second-order valence-electron chi connectivity index (χ2n) is 5.46. The van der Waals surface area contributed by atoms with Crippen molar-refractivity contribution in [3.05, 3.63) is 75.5 Å². The lowest BCUT2D eigenvalue weighted by Crippen LogP contribution is -2.13. The van der Waals surface area contributed by atoms with Crippen LogP contribution in [0.15, 0.2) is 58.8 Å². The molecule has 1 amide bonds. The summed E-state index contributed by atoms with van der Waals surface area (Å²) in [6.45, 7) is 4.07. The van der Waals surface area contributed by atoms with E-state index < -0.39 is 0 Å². The van der Waals surface area contributed by atoms with Crippen LogP contribution < -0.4 is 10.1 Å². The van der Waals surface area contributed by atoms with E-state index in [1.165, 1.54) is 11.8 Å². The molecule has 0 unspecified atom stereocenters. The van der Waals surface area contributed by atoms with Crippen molar-refractivity contribution in [2.45, 2.75) is 13.8 Å². The predicted molar refractivity (Wildman–Crippen MR) is 96.4 cm³/mol.